The molecule has 1 atom stereocenters. The lowest BCUT2D eigenvalue weighted by molar-refractivity contribution is -0.120. The van der Waals surface area contributed by atoms with Crippen LogP contribution in [0, 0.1) is 11.7 Å². The van der Waals surface area contributed by atoms with E-state index in [1.807, 2.05) is 12.1 Å². The molecule has 2 aromatic heterocycles. The number of nitrogens with zero attached hydrogens (tertiary/aromatic N) is 4. The lowest BCUT2D eigenvalue weighted by Crippen LogP contribution is -2.28. The summed E-state index contributed by atoms with van der Waals surface area (Å²) in [7, 11) is 0. The SMILES string of the molecule is O=C1[C@H](Cc2ccc(F)cc2)CCN1c1nnc(-c2ccncc2)[nH]1. The highest BCUT2D eigenvalue weighted by Crippen LogP contribution is 2.26. The Bertz CT molecular complexity index is 878. The Hall–Kier alpha value is -3.09. The van der Waals surface area contributed by atoms with Crippen LogP contribution in [0.5, 0.6) is 0 Å². The zero-order valence-corrected chi connectivity index (χ0v) is 13.4. The van der Waals surface area contributed by atoms with Gasteiger partial charge in [0, 0.05) is 30.4 Å². The molecule has 1 aliphatic rings. The number of carbonyl (C=O) groups excluding carboxylic acids is 1. The maximum Gasteiger partial charge on any atom is 0.232 e. The van der Waals surface area contributed by atoms with E-state index in [-0.39, 0.29) is 17.6 Å². The maximum atomic E-state index is 13.0. The van der Waals surface area contributed by atoms with Crippen LogP contribution in [-0.4, -0.2) is 32.6 Å². The average molecular weight is 337 g/mol. The molecular formula is C18H16FN5O. The molecule has 4 rings (SSSR count). The van der Waals surface area contributed by atoms with Crippen molar-refractivity contribution in [2.75, 3.05) is 11.4 Å². The zero-order chi connectivity index (χ0) is 17.2. The van der Waals surface area contributed by atoms with Crippen LogP contribution in [0.2, 0.25) is 0 Å². The molecule has 7 heteroatoms. The minimum Gasteiger partial charge on any atom is -0.307 e. The average Bonchev–Trinajstić information content (AvgIpc) is 3.25. The van der Waals surface area contributed by atoms with Gasteiger partial charge in [0.05, 0.1) is 0 Å². The fourth-order valence-electron chi connectivity index (χ4n) is 3.06. The molecule has 3 aromatic rings. The van der Waals surface area contributed by atoms with Crippen molar-refractivity contribution in [3.63, 3.8) is 0 Å². The predicted octanol–water partition coefficient (Wildman–Crippen LogP) is 2.60. The number of pyridine rings is 1. The molecule has 1 N–H and O–H groups in total. The fraction of sp³-hybridized carbons (Fsp3) is 0.222. The highest BCUT2D eigenvalue weighted by atomic mass is 19.1. The summed E-state index contributed by atoms with van der Waals surface area (Å²) in [5, 5.41) is 8.22. The van der Waals surface area contributed by atoms with Crippen LogP contribution >= 0.6 is 0 Å². The van der Waals surface area contributed by atoms with E-state index >= 15 is 0 Å². The van der Waals surface area contributed by atoms with Crippen LogP contribution in [-0.2, 0) is 11.2 Å². The molecule has 0 unspecified atom stereocenters. The predicted molar refractivity (Wildman–Crippen MR) is 90.2 cm³/mol. The van der Waals surface area contributed by atoms with Crippen LogP contribution in [0.4, 0.5) is 10.3 Å². The molecule has 0 aliphatic carbocycles. The molecule has 126 valence electrons. The van der Waals surface area contributed by atoms with Crippen LogP contribution in [0.1, 0.15) is 12.0 Å². The number of hydrogen-bond donors (Lipinski definition) is 1. The van der Waals surface area contributed by atoms with E-state index in [2.05, 4.69) is 20.2 Å². The van der Waals surface area contributed by atoms with Gasteiger partial charge in [0.2, 0.25) is 11.9 Å². The van der Waals surface area contributed by atoms with E-state index in [1.165, 1.54) is 12.1 Å². The lowest BCUT2D eigenvalue weighted by Gasteiger charge is -2.13. The third kappa shape index (κ3) is 3.13. The Balaban J connectivity index is 1.48. The third-order valence-electron chi connectivity index (χ3n) is 4.40. The van der Waals surface area contributed by atoms with Gasteiger partial charge in [-0.05, 0) is 42.7 Å². The minimum absolute atomic E-state index is 0.0155. The normalized spacial score (nSPS) is 17.2. The summed E-state index contributed by atoms with van der Waals surface area (Å²) in [6.07, 6.45) is 4.69. The van der Waals surface area contributed by atoms with Crippen molar-refractivity contribution < 1.29 is 9.18 Å². The summed E-state index contributed by atoms with van der Waals surface area (Å²) in [5.41, 5.74) is 1.82. The number of benzene rings is 1. The Kier molecular flexibility index (Phi) is 3.97. The first-order chi connectivity index (χ1) is 12.2. The van der Waals surface area contributed by atoms with Gasteiger partial charge in [-0.25, -0.2) is 4.39 Å². The smallest absolute Gasteiger partial charge is 0.232 e. The molecule has 1 aliphatic heterocycles. The second kappa shape index (κ2) is 6.43. The molecule has 0 spiro atoms. The Morgan fingerprint density at radius 3 is 2.64 bits per heavy atom. The van der Waals surface area contributed by atoms with Crippen molar-refractivity contribution in [2.45, 2.75) is 12.8 Å². The first-order valence-corrected chi connectivity index (χ1v) is 8.09. The molecular weight excluding hydrogens is 321 g/mol. The van der Waals surface area contributed by atoms with Crippen molar-refractivity contribution >= 4 is 11.9 Å². The Morgan fingerprint density at radius 1 is 1.12 bits per heavy atom. The first kappa shape index (κ1) is 15.4. The fourth-order valence-corrected chi connectivity index (χ4v) is 3.06. The lowest BCUT2D eigenvalue weighted by atomic mass is 9.98. The van der Waals surface area contributed by atoms with Gasteiger partial charge in [-0.3, -0.25) is 14.7 Å². The number of aromatic amines is 1. The van der Waals surface area contributed by atoms with Gasteiger partial charge in [-0.2, -0.15) is 0 Å². The quantitative estimate of drug-likeness (QED) is 0.794. The monoisotopic (exact) mass is 337 g/mol. The van der Waals surface area contributed by atoms with Crippen molar-refractivity contribution in [3.8, 4) is 11.4 Å². The number of rotatable bonds is 4. The topological polar surface area (TPSA) is 74.8 Å². The van der Waals surface area contributed by atoms with E-state index in [9.17, 15) is 9.18 Å². The molecule has 0 radical (unpaired) electrons. The molecule has 1 aromatic carbocycles. The largest absolute Gasteiger partial charge is 0.307 e. The van der Waals surface area contributed by atoms with E-state index in [0.717, 1.165) is 17.5 Å². The van der Waals surface area contributed by atoms with E-state index in [0.29, 0.717) is 24.7 Å². The second-order valence-corrected chi connectivity index (χ2v) is 6.04. The van der Waals surface area contributed by atoms with Gasteiger partial charge in [0.1, 0.15) is 5.82 Å². The maximum absolute atomic E-state index is 13.0. The van der Waals surface area contributed by atoms with Crippen molar-refractivity contribution in [1.82, 2.24) is 20.2 Å². The summed E-state index contributed by atoms with van der Waals surface area (Å²) < 4.78 is 13.0. The molecule has 0 saturated carbocycles. The standard InChI is InChI=1S/C18H16FN5O/c19-15-3-1-12(2-4-15)11-14-7-10-24(17(14)25)18-21-16(22-23-18)13-5-8-20-9-6-13/h1-6,8-9,14H,7,10-11H2,(H,21,22,23)/t14-/m0/s1. The molecule has 1 fully saturated rings. The molecule has 3 heterocycles. The Morgan fingerprint density at radius 2 is 1.88 bits per heavy atom. The Labute approximate surface area is 143 Å². The van der Waals surface area contributed by atoms with Crippen LogP contribution < -0.4 is 4.90 Å². The summed E-state index contributed by atoms with van der Waals surface area (Å²) in [5.74, 6) is 0.681. The van der Waals surface area contributed by atoms with Crippen LogP contribution in [0.15, 0.2) is 48.8 Å². The van der Waals surface area contributed by atoms with Crippen molar-refractivity contribution in [3.05, 3.63) is 60.2 Å². The number of anilines is 1. The second-order valence-electron chi connectivity index (χ2n) is 6.04. The molecule has 6 nitrogen and oxygen atoms in total. The molecule has 25 heavy (non-hydrogen) atoms. The van der Waals surface area contributed by atoms with Gasteiger partial charge >= 0.3 is 0 Å². The van der Waals surface area contributed by atoms with Crippen molar-refractivity contribution in [1.29, 1.82) is 0 Å². The van der Waals surface area contributed by atoms with E-state index < -0.39 is 0 Å². The van der Waals surface area contributed by atoms with E-state index in [1.54, 1.807) is 29.4 Å². The summed E-state index contributed by atoms with van der Waals surface area (Å²) >= 11 is 0. The van der Waals surface area contributed by atoms with Gasteiger partial charge in [0.25, 0.3) is 0 Å². The number of amides is 1. The first-order valence-electron chi connectivity index (χ1n) is 8.09. The number of halogens is 1. The zero-order valence-electron chi connectivity index (χ0n) is 13.4. The highest BCUT2D eigenvalue weighted by Gasteiger charge is 2.34. The number of aromatic nitrogens is 4. The highest BCUT2D eigenvalue weighted by molar-refractivity contribution is 5.95. The molecule has 1 saturated heterocycles. The van der Waals surface area contributed by atoms with Gasteiger partial charge < -0.3 is 4.98 Å². The van der Waals surface area contributed by atoms with Gasteiger partial charge in [-0.1, -0.05) is 12.1 Å². The van der Waals surface area contributed by atoms with Gasteiger partial charge in [0.15, 0.2) is 5.82 Å². The van der Waals surface area contributed by atoms with Crippen LogP contribution in [0.25, 0.3) is 11.4 Å². The number of hydrogen-bond acceptors (Lipinski definition) is 4. The number of nitrogens with one attached hydrogen (secondary N) is 1. The summed E-state index contributed by atoms with van der Waals surface area (Å²) in [6, 6.07) is 9.94. The van der Waals surface area contributed by atoms with Gasteiger partial charge in [-0.15, -0.1) is 10.2 Å². The van der Waals surface area contributed by atoms with Crippen molar-refractivity contribution in [2.24, 2.45) is 5.92 Å². The molecule has 1 amide bonds. The molecule has 0 bridgehead atoms. The summed E-state index contributed by atoms with van der Waals surface area (Å²) in [6.45, 7) is 0.593. The number of H-pyrrole nitrogens is 1. The summed E-state index contributed by atoms with van der Waals surface area (Å²) in [4.78, 5) is 21.4. The number of carbonyl (C=O) groups is 1. The minimum atomic E-state index is -0.270. The third-order valence-corrected chi connectivity index (χ3v) is 4.40. The van der Waals surface area contributed by atoms with Crippen LogP contribution in [0.3, 0.4) is 0 Å². The van der Waals surface area contributed by atoms with E-state index in [4.69, 9.17) is 0 Å².